The van der Waals surface area contributed by atoms with Gasteiger partial charge in [0.15, 0.2) is 0 Å². The summed E-state index contributed by atoms with van der Waals surface area (Å²) in [6, 6.07) is 7.11. The van der Waals surface area contributed by atoms with Crippen LogP contribution in [-0.2, 0) is 4.74 Å². The number of hydrogen-bond acceptors (Lipinski definition) is 4. The summed E-state index contributed by atoms with van der Waals surface area (Å²) in [5, 5.41) is 2.96. The van der Waals surface area contributed by atoms with Gasteiger partial charge < -0.3 is 14.8 Å². The molecule has 132 valence electrons. The second kappa shape index (κ2) is 9.45. The fourth-order valence-corrected chi connectivity index (χ4v) is 2.75. The molecule has 0 spiro atoms. The van der Waals surface area contributed by atoms with Crippen LogP contribution in [0.25, 0.3) is 0 Å². The lowest BCUT2D eigenvalue weighted by atomic mass is 10.1. The molecule has 0 radical (unpaired) electrons. The minimum Gasteiger partial charge on any atom is -0.490 e. The van der Waals surface area contributed by atoms with Gasteiger partial charge in [-0.2, -0.15) is 0 Å². The molecule has 5 nitrogen and oxygen atoms in total. The Morgan fingerprint density at radius 1 is 1.46 bits per heavy atom. The normalized spacial score (nSPS) is 18.4. The van der Waals surface area contributed by atoms with Gasteiger partial charge in [0.05, 0.1) is 12.7 Å². The summed E-state index contributed by atoms with van der Waals surface area (Å²) in [7, 11) is 0. The van der Waals surface area contributed by atoms with E-state index in [1.54, 1.807) is 30.3 Å². The van der Waals surface area contributed by atoms with E-state index in [4.69, 9.17) is 9.47 Å². The van der Waals surface area contributed by atoms with Gasteiger partial charge in [-0.15, -0.1) is 0 Å². The van der Waals surface area contributed by atoms with Crippen molar-refractivity contribution in [3.63, 3.8) is 0 Å². The molecule has 0 bridgehead atoms. The maximum atomic E-state index is 12.2. The average molecular weight is 332 g/mol. The first-order valence-corrected chi connectivity index (χ1v) is 8.54. The van der Waals surface area contributed by atoms with E-state index < -0.39 is 0 Å². The van der Waals surface area contributed by atoms with Gasteiger partial charge in [0.1, 0.15) is 12.4 Å². The van der Waals surface area contributed by atoms with E-state index in [-0.39, 0.29) is 12.0 Å². The van der Waals surface area contributed by atoms with Crippen molar-refractivity contribution >= 4 is 5.91 Å². The molecule has 1 amide bonds. The third-order valence-electron chi connectivity index (χ3n) is 3.82. The number of rotatable bonds is 8. The molecule has 2 rings (SSSR count). The van der Waals surface area contributed by atoms with Crippen LogP contribution in [0.15, 0.2) is 36.9 Å². The number of ether oxygens (including phenoxy) is 2. The number of nitrogens with zero attached hydrogens (tertiary/aromatic N) is 1. The first-order valence-electron chi connectivity index (χ1n) is 8.54. The van der Waals surface area contributed by atoms with E-state index in [9.17, 15) is 4.79 Å². The average Bonchev–Trinajstić information content (AvgIpc) is 2.58. The van der Waals surface area contributed by atoms with Crippen LogP contribution < -0.4 is 10.1 Å². The molecular formula is C19H28N2O3. The van der Waals surface area contributed by atoms with E-state index in [2.05, 4.69) is 30.6 Å². The van der Waals surface area contributed by atoms with Crippen molar-refractivity contribution in [3.05, 3.63) is 42.5 Å². The van der Waals surface area contributed by atoms with Gasteiger partial charge in [-0.05, 0) is 30.2 Å². The van der Waals surface area contributed by atoms with Crippen LogP contribution in [0.5, 0.6) is 5.75 Å². The number of carbonyl (C=O) groups excluding carboxylic acids is 1. The van der Waals surface area contributed by atoms with E-state index >= 15 is 0 Å². The Hall–Kier alpha value is -1.85. The number of benzene rings is 1. The van der Waals surface area contributed by atoms with Crippen LogP contribution in [0.4, 0.5) is 0 Å². The summed E-state index contributed by atoms with van der Waals surface area (Å²) in [5.74, 6) is 1.28. The number of morpholine rings is 1. The Bertz CT molecular complexity index is 528. The highest BCUT2D eigenvalue weighted by atomic mass is 16.5. The van der Waals surface area contributed by atoms with Crippen LogP contribution in [0.3, 0.4) is 0 Å². The predicted molar refractivity (Wildman–Crippen MR) is 95.5 cm³/mol. The highest BCUT2D eigenvalue weighted by Gasteiger charge is 2.21. The third-order valence-corrected chi connectivity index (χ3v) is 3.82. The Labute approximate surface area is 144 Å². The summed E-state index contributed by atoms with van der Waals surface area (Å²) in [4.78, 5) is 14.6. The largest absolute Gasteiger partial charge is 0.490 e. The van der Waals surface area contributed by atoms with Crippen molar-refractivity contribution in [3.8, 4) is 5.75 Å². The Morgan fingerprint density at radius 2 is 2.21 bits per heavy atom. The summed E-state index contributed by atoms with van der Waals surface area (Å²) >= 11 is 0. The third kappa shape index (κ3) is 5.98. The lowest BCUT2D eigenvalue weighted by Crippen LogP contribution is -2.48. The maximum absolute atomic E-state index is 12.2. The van der Waals surface area contributed by atoms with Crippen LogP contribution in [0, 0.1) is 5.92 Å². The SMILES string of the molecule is C=CCOc1ccc(C(=O)NCC2CN(CC(C)C)CCO2)cc1. The van der Waals surface area contributed by atoms with Crippen LogP contribution in [0.1, 0.15) is 24.2 Å². The number of amides is 1. The molecule has 1 atom stereocenters. The summed E-state index contributed by atoms with van der Waals surface area (Å²) < 4.78 is 11.2. The predicted octanol–water partition coefficient (Wildman–Crippen LogP) is 2.34. The van der Waals surface area contributed by atoms with Crippen LogP contribution in [0.2, 0.25) is 0 Å². The van der Waals surface area contributed by atoms with Crippen molar-refractivity contribution in [1.82, 2.24) is 10.2 Å². The van der Waals surface area contributed by atoms with Gasteiger partial charge in [-0.3, -0.25) is 9.69 Å². The standard InChI is InChI=1S/C19H28N2O3/c1-4-10-23-17-7-5-16(6-8-17)19(22)20-12-18-14-21(9-11-24-18)13-15(2)3/h4-8,15,18H,1,9-14H2,2-3H3,(H,20,22). The molecule has 0 aliphatic carbocycles. The molecule has 0 aromatic heterocycles. The molecule has 1 aromatic rings. The van der Waals surface area contributed by atoms with Crippen LogP contribution in [-0.4, -0.2) is 56.3 Å². The van der Waals surface area contributed by atoms with Crippen molar-refractivity contribution in [1.29, 1.82) is 0 Å². The van der Waals surface area contributed by atoms with E-state index in [1.165, 1.54) is 0 Å². The van der Waals surface area contributed by atoms with Crippen molar-refractivity contribution in [2.24, 2.45) is 5.92 Å². The molecule has 1 fully saturated rings. The molecule has 1 unspecified atom stereocenters. The van der Waals surface area contributed by atoms with E-state index in [0.717, 1.165) is 32.0 Å². The molecule has 1 N–H and O–H groups in total. The van der Waals surface area contributed by atoms with Gasteiger partial charge >= 0.3 is 0 Å². The van der Waals surface area contributed by atoms with E-state index in [1.807, 2.05) is 0 Å². The van der Waals surface area contributed by atoms with Gasteiger partial charge in [0.25, 0.3) is 5.91 Å². The van der Waals surface area contributed by atoms with E-state index in [0.29, 0.717) is 24.6 Å². The smallest absolute Gasteiger partial charge is 0.251 e. The molecular weight excluding hydrogens is 304 g/mol. The first kappa shape index (κ1) is 18.5. The van der Waals surface area contributed by atoms with Crippen molar-refractivity contribution < 1.29 is 14.3 Å². The molecule has 1 aliphatic heterocycles. The van der Waals surface area contributed by atoms with Crippen LogP contribution >= 0.6 is 0 Å². The van der Waals surface area contributed by atoms with Gasteiger partial charge in [0, 0.05) is 31.7 Å². The maximum Gasteiger partial charge on any atom is 0.251 e. The Kier molecular flexibility index (Phi) is 7.28. The number of hydrogen-bond donors (Lipinski definition) is 1. The zero-order valence-corrected chi connectivity index (χ0v) is 14.7. The molecule has 0 saturated carbocycles. The monoisotopic (exact) mass is 332 g/mol. The Morgan fingerprint density at radius 3 is 2.88 bits per heavy atom. The molecule has 24 heavy (non-hydrogen) atoms. The molecule has 1 heterocycles. The topological polar surface area (TPSA) is 50.8 Å². The minimum absolute atomic E-state index is 0.0525. The summed E-state index contributed by atoms with van der Waals surface area (Å²) in [6.07, 6.45) is 1.74. The summed E-state index contributed by atoms with van der Waals surface area (Å²) in [6.45, 7) is 12.7. The molecule has 1 aliphatic rings. The second-order valence-electron chi connectivity index (χ2n) is 6.48. The van der Waals surface area contributed by atoms with Gasteiger partial charge in [-0.1, -0.05) is 26.5 Å². The fourth-order valence-electron chi connectivity index (χ4n) is 2.75. The minimum atomic E-state index is -0.0881. The summed E-state index contributed by atoms with van der Waals surface area (Å²) in [5.41, 5.74) is 0.621. The van der Waals surface area contributed by atoms with Crippen molar-refractivity contribution in [2.75, 3.05) is 39.4 Å². The number of nitrogens with one attached hydrogen (secondary N) is 1. The molecule has 1 aromatic carbocycles. The molecule has 1 saturated heterocycles. The van der Waals surface area contributed by atoms with Crippen molar-refractivity contribution in [2.45, 2.75) is 20.0 Å². The van der Waals surface area contributed by atoms with Gasteiger partial charge in [0.2, 0.25) is 0 Å². The second-order valence-corrected chi connectivity index (χ2v) is 6.48. The first-order chi connectivity index (χ1) is 11.6. The zero-order chi connectivity index (χ0) is 17.4. The Balaban J connectivity index is 1.78. The lowest BCUT2D eigenvalue weighted by molar-refractivity contribution is -0.0295. The molecule has 5 heteroatoms. The van der Waals surface area contributed by atoms with Gasteiger partial charge in [-0.25, -0.2) is 0 Å². The number of carbonyl (C=O) groups is 1. The highest BCUT2D eigenvalue weighted by Crippen LogP contribution is 2.12. The highest BCUT2D eigenvalue weighted by molar-refractivity contribution is 5.94. The fraction of sp³-hybridized carbons (Fsp3) is 0.526. The lowest BCUT2D eigenvalue weighted by Gasteiger charge is -2.33. The zero-order valence-electron chi connectivity index (χ0n) is 14.7. The quantitative estimate of drug-likeness (QED) is 0.743.